The molecule has 3 heterocycles. The van der Waals surface area contributed by atoms with Gasteiger partial charge in [-0.05, 0) is 43.9 Å². The summed E-state index contributed by atoms with van der Waals surface area (Å²) in [5.74, 6) is 0.496. The first-order chi connectivity index (χ1) is 13.1. The molecule has 142 valence electrons. The maximum Gasteiger partial charge on any atom is 0.317 e. The Morgan fingerprint density at radius 1 is 1.26 bits per heavy atom. The van der Waals surface area contributed by atoms with Gasteiger partial charge in [-0.1, -0.05) is 18.2 Å². The summed E-state index contributed by atoms with van der Waals surface area (Å²) in [5.41, 5.74) is 4.90. The minimum atomic E-state index is 0.0518. The van der Waals surface area contributed by atoms with Crippen molar-refractivity contribution >= 4 is 16.9 Å². The van der Waals surface area contributed by atoms with E-state index < -0.39 is 0 Å². The summed E-state index contributed by atoms with van der Waals surface area (Å²) in [6, 6.07) is 10.5. The molecule has 1 fully saturated rings. The van der Waals surface area contributed by atoms with E-state index in [1.807, 2.05) is 28.9 Å². The van der Waals surface area contributed by atoms with Gasteiger partial charge < -0.3 is 15.2 Å². The molecule has 0 spiro atoms. The van der Waals surface area contributed by atoms with E-state index in [9.17, 15) is 4.79 Å². The number of likely N-dealkylation sites (tertiary alicyclic amines) is 1. The zero-order chi connectivity index (χ0) is 18.8. The number of hydrogen-bond donors (Lipinski definition) is 2. The average molecular weight is 365 g/mol. The molecule has 0 radical (unpaired) electrons. The quantitative estimate of drug-likeness (QED) is 0.745. The highest BCUT2D eigenvalue weighted by molar-refractivity contribution is 5.84. The van der Waals surface area contributed by atoms with Crippen molar-refractivity contribution in [3.05, 3.63) is 53.5 Å². The van der Waals surface area contributed by atoms with E-state index in [2.05, 4.69) is 46.6 Å². The number of carbonyl (C=O) groups excluding carboxylic acids is 1. The number of nitrogens with one attached hydrogen (secondary N) is 2. The van der Waals surface area contributed by atoms with Crippen LogP contribution in [0.3, 0.4) is 0 Å². The lowest BCUT2D eigenvalue weighted by atomic mass is 9.93. The molecule has 0 unspecified atom stereocenters. The van der Waals surface area contributed by atoms with Gasteiger partial charge in [-0.25, -0.2) is 4.79 Å². The van der Waals surface area contributed by atoms with E-state index in [1.165, 1.54) is 22.3 Å². The van der Waals surface area contributed by atoms with Gasteiger partial charge in [-0.15, -0.1) is 0 Å². The molecule has 4 rings (SSSR count). The minimum absolute atomic E-state index is 0.0518. The Balaban J connectivity index is 1.29. The van der Waals surface area contributed by atoms with Gasteiger partial charge >= 0.3 is 6.03 Å². The third kappa shape index (κ3) is 3.56. The molecule has 0 bridgehead atoms. The predicted octanol–water partition coefficient (Wildman–Crippen LogP) is 3.34. The zero-order valence-corrected chi connectivity index (χ0v) is 16.0. The summed E-state index contributed by atoms with van der Waals surface area (Å²) in [6.45, 7) is 4.35. The molecule has 0 atom stereocenters. The Kier molecular flexibility index (Phi) is 4.88. The van der Waals surface area contributed by atoms with Gasteiger partial charge in [0, 0.05) is 61.1 Å². The number of piperidine rings is 1. The highest BCUT2D eigenvalue weighted by Crippen LogP contribution is 2.27. The standard InChI is InChI=1S/C21H27N5O/c1-15-17(18-5-3-4-6-19(18)24-15)7-11-22-21(27)26-13-9-16(10-14-26)20-8-12-23-25(20)2/h3-6,8,12,16,24H,7,9-11,13-14H2,1-2H3,(H,22,27). The zero-order valence-electron chi connectivity index (χ0n) is 16.0. The SMILES string of the molecule is Cc1[nH]c2ccccc2c1CCNC(=O)N1CCC(c2ccnn2C)CC1. The molecule has 3 aromatic rings. The molecule has 1 aromatic carbocycles. The van der Waals surface area contributed by atoms with Crippen LogP contribution in [-0.2, 0) is 13.5 Å². The van der Waals surface area contributed by atoms with Crippen molar-refractivity contribution in [3.8, 4) is 0 Å². The molecule has 2 amide bonds. The Labute approximate surface area is 159 Å². The number of fused-ring (bicyclic) bond motifs is 1. The fraction of sp³-hybridized carbons (Fsp3) is 0.429. The highest BCUT2D eigenvalue weighted by Gasteiger charge is 2.25. The van der Waals surface area contributed by atoms with E-state index in [1.54, 1.807) is 0 Å². The first-order valence-corrected chi connectivity index (χ1v) is 9.70. The second-order valence-electron chi connectivity index (χ2n) is 7.40. The van der Waals surface area contributed by atoms with Gasteiger partial charge in [-0.3, -0.25) is 4.68 Å². The number of amides is 2. The van der Waals surface area contributed by atoms with Crippen LogP contribution in [0.5, 0.6) is 0 Å². The van der Waals surface area contributed by atoms with Crippen LogP contribution < -0.4 is 5.32 Å². The smallest absolute Gasteiger partial charge is 0.317 e. The Morgan fingerprint density at radius 2 is 2.04 bits per heavy atom. The van der Waals surface area contributed by atoms with Gasteiger partial charge in [0.25, 0.3) is 0 Å². The first-order valence-electron chi connectivity index (χ1n) is 9.70. The summed E-state index contributed by atoms with van der Waals surface area (Å²) < 4.78 is 1.95. The molecule has 1 aliphatic rings. The predicted molar refractivity (Wildman–Crippen MR) is 107 cm³/mol. The third-order valence-corrected chi connectivity index (χ3v) is 5.74. The molecule has 2 N–H and O–H groups in total. The molecule has 0 saturated carbocycles. The number of rotatable bonds is 4. The number of H-pyrrole nitrogens is 1. The van der Waals surface area contributed by atoms with Gasteiger partial charge in [0.1, 0.15) is 0 Å². The van der Waals surface area contributed by atoms with Crippen LogP contribution in [0.1, 0.15) is 35.7 Å². The van der Waals surface area contributed by atoms with Crippen molar-refractivity contribution in [2.75, 3.05) is 19.6 Å². The number of carbonyl (C=O) groups is 1. The second kappa shape index (κ2) is 7.47. The highest BCUT2D eigenvalue weighted by atomic mass is 16.2. The van der Waals surface area contributed by atoms with Gasteiger partial charge in [0.15, 0.2) is 0 Å². The maximum absolute atomic E-state index is 12.5. The molecular formula is C21H27N5O. The number of benzene rings is 1. The number of aryl methyl sites for hydroxylation is 2. The van der Waals surface area contributed by atoms with Gasteiger partial charge in [0.05, 0.1) is 0 Å². The van der Waals surface area contributed by atoms with Crippen molar-refractivity contribution in [1.82, 2.24) is 25.0 Å². The molecule has 0 aliphatic carbocycles. The van der Waals surface area contributed by atoms with Crippen LogP contribution in [0.25, 0.3) is 10.9 Å². The van der Waals surface area contributed by atoms with E-state index in [0.717, 1.165) is 37.9 Å². The van der Waals surface area contributed by atoms with E-state index in [4.69, 9.17) is 0 Å². The number of urea groups is 1. The number of aromatic amines is 1. The third-order valence-electron chi connectivity index (χ3n) is 5.74. The van der Waals surface area contributed by atoms with Crippen LogP contribution in [0.2, 0.25) is 0 Å². The Bertz CT molecular complexity index is 933. The topological polar surface area (TPSA) is 66.0 Å². The number of para-hydroxylation sites is 1. The van der Waals surface area contributed by atoms with Gasteiger partial charge in [-0.2, -0.15) is 5.10 Å². The monoisotopic (exact) mass is 365 g/mol. The average Bonchev–Trinajstić information content (AvgIpc) is 3.25. The summed E-state index contributed by atoms with van der Waals surface area (Å²) in [6.07, 6.45) is 4.68. The van der Waals surface area contributed by atoms with Crippen LogP contribution in [0, 0.1) is 6.92 Å². The molecule has 2 aromatic heterocycles. The normalized spacial score (nSPS) is 15.4. The molecule has 6 heteroatoms. The van der Waals surface area contributed by atoms with Crippen LogP contribution in [0.15, 0.2) is 36.5 Å². The van der Waals surface area contributed by atoms with Gasteiger partial charge in [0.2, 0.25) is 0 Å². The second-order valence-corrected chi connectivity index (χ2v) is 7.40. The van der Waals surface area contributed by atoms with E-state index in [-0.39, 0.29) is 6.03 Å². The van der Waals surface area contributed by atoms with Crippen molar-refractivity contribution in [2.45, 2.75) is 32.1 Å². The van der Waals surface area contributed by atoms with Crippen molar-refractivity contribution < 1.29 is 4.79 Å². The van der Waals surface area contributed by atoms with Crippen molar-refractivity contribution in [3.63, 3.8) is 0 Å². The number of hydrogen-bond acceptors (Lipinski definition) is 2. The fourth-order valence-corrected chi connectivity index (χ4v) is 4.23. The fourth-order valence-electron chi connectivity index (χ4n) is 4.23. The lowest BCUT2D eigenvalue weighted by Crippen LogP contribution is -2.44. The maximum atomic E-state index is 12.5. The lowest BCUT2D eigenvalue weighted by molar-refractivity contribution is 0.180. The summed E-state index contributed by atoms with van der Waals surface area (Å²) >= 11 is 0. The van der Waals surface area contributed by atoms with Crippen molar-refractivity contribution in [1.29, 1.82) is 0 Å². The lowest BCUT2D eigenvalue weighted by Gasteiger charge is -2.32. The molecular weight excluding hydrogens is 338 g/mol. The minimum Gasteiger partial charge on any atom is -0.358 e. The Hall–Kier alpha value is -2.76. The van der Waals surface area contributed by atoms with Crippen molar-refractivity contribution in [2.24, 2.45) is 7.05 Å². The molecule has 1 aliphatic heterocycles. The summed E-state index contributed by atoms with van der Waals surface area (Å²) in [4.78, 5) is 17.9. The molecule has 27 heavy (non-hydrogen) atoms. The van der Waals surface area contributed by atoms with Crippen LogP contribution in [0.4, 0.5) is 4.79 Å². The first kappa shape index (κ1) is 17.6. The largest absolute Gasteiger partial charge is 0.358 e. The summed E-state index contributed by atoms with van der Waals surface area (Å²) in [5, 5.41) is 8.61. The Morgan fingerprint density at radius 3 is 2.78 bits per heavy atom. The molecule has 1 saturated heterocycles. The van der Waals surface area contributed by atoms with Crippen LogP contribution in [-0.4, -0.2) is 45.3 Å². The van der Waals surface area contributed by atoms with E-state index in [0.29, 0.717) is 12.5 Å². The summed E-state index contributed by atoms with van der Waals surface area (Å²) in [7, 11) is 1.99. The molecule has 6 nitrogen and oxygen atoms in total. The van der Waals surface area contributed by atoms with E-state index >= 15 is 0 Å². The number of aromatic nitrogens is 3. The van der Waals surface area contributed by atoms with Crippen LogP contribution >= 0.6 is 0 Å². The number of nitrogens with zero attached hydrogens (tertiary/aromatic N) is 3.